The van der Waals surface area contributed by atoms with Crippen molar-refractivity contribution in [2.75, 3.05) is 38.2 Å². The number of nitrogens with zero attached hydrogens (tertiary/aromatic N) is 4. The van der Waals surface area contributed by atoms with Gasteiger partial charge in [0.05, 0.1) is 12.5 Å². The summed E-state index contributed by atoms with van der Waals surface area (Å²) >= 11 is 1.53. The number of benzene rings is 2. The molecule has 9 heteroatoms. The maximum Gasteiger partial charge on any atom is 0.327 e. The third-order valence-corrected chi connectivity index (χ3v) is 6.98. The number of anilines is 1. The number of methoxy groups -OCH3 is 1. The van der Waals surface area contributed by atoms with Crippen molar-refractivity contribution in [3.63, 3.8) is 0 Å². The molecule has 1 aliphatic heterocycles. The Bertz CT molecular complexity index is 1300. The molecule has 0 aliphatic carbocycles. The van der Waals surface area contributed by atoms with E-state index in [1.807, 2.05) is 10.3 Å². The van der Waals surface area contributed by atoms with Crippen LogP contribution in [0, 0.1) is 11.6 Å². The standard InChI is InChI=1S/C25H22F2N4O2S/c1-33-25(32)22(17-4-8-19(27)9-5-17)30-10-12-31(13-11-30)23-21-20(14-34-24(21)29-15-28-23)16-2-6-18(26)7-3-16/h2-9,14-15,22H,10-13H2,1H3/t22-/m1/s1. The van der Waals surface area contributed by atoms with Crippen LogP contribution in [0.4, 0.5) is 14.6 Å². The number of piperazine rings is 1. The smallest absolute Gasteiger partial charge is 0.327 e. The van der Waals surface area contributed by atoms with Crippen LogP contribution in [0.25, 0.3) is 21.3 Å². The highest BCUT2D eigenvalue weighted by Crippen LogP contribution is 2.38. The average Bonchev–Trinajstić information content (AvgIpc) is 3.30. The fourth-order valence-corrected chi connectivity index (χ4v) is 5.30. The summed E-state index contributed by atoms with van der Waals surface area (Å²) in [5.41, 5.74) is 2.57. The first-order valence-electron chi connectivity index (χ1n) is 10.9. The quantitative estimate of drug-likeness (QED) is 0.387. The van der Waals surface area contributed by atoms with Crippen LogP contribution in [-0.4, -0.2) is 54.1 Å². The summed E-state index contributed by atoms with van der Waals surface area (Å²) in [7, 11) is 1.36. The molecule has 34 heavy (non-hydrogen) atoms. The lowest BCUT2D eigenvalue weighted by molar-refractivity contribution is -0.147. The van der Waals surface area contributed by atoms with E-state index >= 15 is 0 Å². The second kappa shape index (κ2) is 9.44. The summed E-state index contributed by atoms with van der Waals surface area (Å²) in [6.07, 6.45) is 1.56. The minimum Gasteiger partial charge on any atom is -0.468 e. The molecular formula is C25H22F2N4O2S. The number of aromatic nitrogens is 2. The molecule has 0 amide bonds. The number of halogens is 2. The average molecular weight is 481 g/mol. The van der Waals surface area contributed by atoms with E-state index in [1.54, 1.807) is 30.6 Å². The van der Waals surface area contributed by atoms with Crippen molar-refractivity contribution in [1.82, 2.24) is 14.9 Å². The monoisotopic (exact) mass is 480 g/mol. The molecule has 5 rings (SSSR count). The Morgan fingerprint density at radius 3 is 2.26 bits per heavy atom. The van der Waals surface area contributed by atoms with Gasteiger partial charge in [-0.1, -0.05) is 24.3 Å². The Morgan fingerprint density at radius 1 is 0.971 bits per heavy atom. The minimum atomic E-state index is -0.603. The van der Waals surface area contributed by atoms with Gasteiger partial charge in [-0.25, -0.2) is 23.5 Å². The zero-order valence-electron chi connectivity index (χ0n) is 18.4. The summed E-state index contributed by atoms with van der Waals surface area (Å²) in [5.74, 6) is -0.183. The highest BCUT2D eigenvalue weighted by atomic mass is 32.1. The maximum absolute atomic E-state index is 13.5. The molecule has 1 saturated heterocycles. The Morgan fingerprint density at radius 2 is 1.62 bits per heavy atom. The summed E-state index contributed by atoms with van der Waals surface area (Å²) in [5, 5.41) is 2.96. The lowest BCUT2D eigenvalue weighted by Gasteiger charge is -2.39. The zero-order chi connectivity index (χ0) is 23.7. The van der Waals surface area contributed by atoms with E-state index in [9.17, 15) is 13.6 Å². The van der Waals surface area contributed by atoms with Crippen molar-refractivity contribution >= 4 is 33.3 Å². The molecule has 6 nitrogen and oxygen atoms in total. The molecular weight excluding hydrogens is 458 g/mol. The summed E-state index contributed by atoms with van der Waals surface area (Å²) < 4.78 is 31.9. The number of hydrogen-bond acceptors (Lipinski definition) is 7. The predicted molar refractivity (Wildman–Crippen MR) is 128 cm³/mol. The normalized spacial score (nSPS) is 15.4. The van der Waals surface area contributed by atoms with E-state index in [1.165, 1.54) is 42.7 Å². The van der Waals surface area contributed by atoms with E-state index in [0.29, 0.717) is 31.7 Å². The van der Waals surface area contributed by atoms with Gasteiger partial charge in [0.2, 0.25) is 0 Å². The van der Waals surface area contributed by atoms with Gasteiger partial charge in [-0.2, -0.15) is 0 Å². The Hall–Kier alpha value is -3.43. The molecule has 0 unspecified atom stereocenters. The van der Waals surface area contributed by atoms with Crippen LogP contribution in [0.5, 0.6) is 0 Å². The van der Waals surface area contributed by atoms with Crippen LogP contribution in [0.15, 0.2) is 60.2 Å². The number of ether oxygens (including phenoxy) is 1. The first-order valence-corrected chi connectivity index (χ1v) is 11.7. The highest BCUT2D eigenvalue weighted by molar-refractivity contribution is 7.17. The largest absolute Gasteiger partial charge is 0.468 e. The van der Waals surface area contributed by atoms with Crippen LogP contribution >= 0.6 is 11.3 Å². The summed E-state index contributed by atoms with van der Waals surface area (Å²) in [6, 6.07) is 11.8. The van der Waals surface area contributed by atoms with Crippen LogP contribution in [-0.2, 0) is 9.53 Å². The molecule has 1 fully saturated rings. The highest BCUT2D eigenvalue weighted by Gasteiger charge is 2.32. The molecule has 2 aromatic heterocycles. The van der Waals surface area contributed by atoms with E-state index in [-0.39, 0.29) is 17.6 Å². The number of hydrogen-bond donors (Lipinski definition) is 0. The molecule has 0 N–H and O–H groups in total. The number of fused-ring (bicyclic) bond motifs is 1. The minimum absolute atomic E-state index is 0.280. The number of carbonyl (C=O) groups is 1. The first-order chi connectivity index (χ1) is 16.5. The fraction of sp³-hybridized carbons (Fsp3) is 0.240. The Labute approximate surface area is 199 Å². The molecule has 0 bridgehead atoms. The SMILES string of the molecule is COC(=O)[C@@H](c1ccc(F)cc1)N1CCN(c2ncnc3scc(-c4ccc(F)cc4)c23)CC1. The van der Waals surface area contributed by atoms with Gasteiger partial charge in [0.25, 0.3) is 0 Å². The Kier molecular flexibility index (Phi) is 6.21. The third-order valence-electron chi connectivity index (χ3n) is 6.09. The van der Waals surface area contributed by atoms with Gasteiger partial charge in [-0.3, -0.25) is 4.90 Å². The summed E-state index contributed by atoms with van der Waals surface area (Å²) in [4.78, 5) is 26.7. The van der Waals surface area contributed by atoms with E-state index in [2.05, 4.69) is 14.9 Å². The van der Waals surface area contributed by atoms with Gasteiger partial charge in [0.1, 0.15) is 34.7 Å². The van der Waals surface area contributed by atoms with Gasteiger partial charge < -0.3 is 9.64 Å². The van der Waals surface area contributed by atoms with Gasteiger partial charge in [0.15, 0.2) is 0 Å². The zero-order valence-corrected chi connectivity index (χ0v) is 19.3. The van der Waals surface area contributed by atoms with E-state index in [0.717, 1.165) is 27.2 Å². The maximum atomic E-state index is 13.5. The molecule has 2 aromatic carbocycles. The van der Waals surface area contributed by atoms with Crippen LogP contribution in [0.2, 0.25) is 0 Å². The predicted octanol–water partition coefficient (Wildman–Crippen LogP) is 4.67. The van der Waals surface area contributed by atoms with E-state index in [4.69, 9.17) is 4.74 Å². The molecule has 0 spiro atoms. The molecule has 174 valence electrons. The van der Waals surface area contributed by atoms with Crippen molar-refractivity contribution in [1.29, 1.82) is 0 Å². The fourth-order valence-electron chi connectivity index (χ4n) is 4.39. The van der Waals surface area contributed by atoms with Crippen molar-refractivity contribution in [3.05, 3.63) is 77.4 Å². The Balaban J connectivity index is 1.41. The van der Waals surface area contributed by atoms with Crippen LogP contribution < -0.4 is 4.90 Å². The number of rotatable bonds is 5. The van der Waals surface area contributed by atoms with Crippen molar-refractivity contribution < 1.29 is 18.3 Å². The van der Waals surface area contributed by atoms with Gasteiger partial charge >= 0.3 is 5.97 Å². The molecule has 0 saturated carbocycles. The first kappa shape index (κ1) is 22.4. The lowest BCUT2D eigenvalue weighted by atomic mass is 10.0. The van der Waals surface area contributed by atoms with Crippen LogP contribution in [0.3, 0.4) is 0 Å². The second-order valence-corrected chi connectivity index (χ2v) is 8.89. The lowest BCUT2D eigenvalue weighted by Crippen LogP contribution is -2.49. The molecule has 1 aliphatic rings. The van der Waals surface area contributed by atoms with Crippen molar-refractivity contribution in [2.45, 2.75) is 6.04 Å². The number of carbonyl (C=O) groups excluding carboxylic acids is 1. The number of esters is 1. The van der Waals surface area contributed by atoms with Crippen LogP contribution in [0.1, 0.15) is 11.6 Å². The number of thiophene rings is 1. The molecule has 3 heterocycles. The van der Waals surface area contributed by atoms with Gasteiger partial charge in [-0.05, 0) is 35.4 Å². The van der Waals surface area contributed by atoms with Crippen molar-refractivity contribution in [2.24, 2.45) is 0 Å². The summed E-state index contributed by atoms with van der Waals surface area (Å²) in [6.45, 7) is 2.47. The van der Waals surface area contributed by atoms with E-state index < -0.39 is 6.04 Å². The third kappa shape index (κ3) is 4.24. The topological polar surface area (TPSA) is 58.6 Å². The molecule has 4 aromatic rings. The van der Waals surface area contributed by atoms with Gasteiger partial charge in [-0.15, -0.1) is 11.3 Å². The molecule has 1 atom stereocenters. The second-order valence-electron chi connectivity index (χ2n) is 8.03. The van der Waals surface area contributed by atoms with Crippen molar-refractivity contribution in [3.8, 4) is 11.1 Å². The molecule has 0 radical (unpaired) electrons. The van der Waals surface area contributed by atoms with Gasteiger partial charge in [0, 0.05) is 37.1 Å².